The van der Waals surface area contributed by atoms with E-state index in [-0.39, 0.29) is 0 Å². The van der Waals surface area contributed by atoms with E-state index in [0.29, 0.717) is 17.7 Å². The molecule has 1 spiro atoms. The molecular formula is C16H30N2O. The number of rotatable bonds is 2. The standard InChI is InChI=1S/C16H30N2O/c1-14(15-7-5-12-19-15)18-11-6-10-17-16(13-18)8-3-2-4-9-16/h14-15,17H,2-13H2,1H3. The molecule has 2 saturated heterocycles. The number of hydrogen-bond donors (Lipinski definition) is 1. The third-order valence-corrected chi connectivity index (χ3v) is 5.52. The van der Waals surface area contributed by atoms with Gasteiger partial charge in [-0.15, -0.1) is 0 Å². The van der Waals surface area contributed by atoms with Gasteiger partial charge in [-0.05, 0) is 52.1 Å². The SMILES string of the molecule is CC(C1CCCO1)N1CCCNC2(CCCCC2)C1. The van der Waals surface area contributed by atoms with Crippen LogP contribution in [0.2, 0.25) is 0 Å². The van der Waals surface area contributed by atoms with Crippen LogP contribution in [0.1, 0.15) is 58.3 Å². The van der Waals surface area contributed by atoms with E-state index in [2.05, 4.69) is 17.1 Å². The van der Waals surface area contributed by atoms with Gasteiger partial charge in [-0.2, -0.15) is 0 Å². The minimum Gasteiger partial charge on any atom is -0.377 e. The van der Waals surface area contributed by atoms with Crippen LogP contribution in [-0.4, -0.2) is 48.8 Å². The Labute approximate surface area is 118 Å². The third-order valence-electron chi connectivity index (χ3n) is 5.52. The van der Waals surface area contributed by atoms with E-state index in [1.54, 1.807) is 0 Å². The first-order chi connectivity index (χ1) is 9.29. The second-order valence-electron chi connectivity index (χ2n) is 6.88. The molecule has 2 atom stereocenters. The van der Waals surface area contributed by atoms with E-state index >= 15 is 0 Å². The highest BCUT2D eigenvalue weighted by Gasteiger charge is 2.38. The van der Waals surface area contributed by atoms with Crippen molar-refractivity contribution in [2.75, 3.05) is 26.2 Å². The number of nitrogens with zero attached hydrogens (tertiary/aromatic N) is 1. The van der Waals surface area contributed by atoms with Gasteiger partial charge in [0.1, 0.15) is 0 Å². The zero-order valence-corrected chi connectivity index (χ0v) is 12.5. The van der Waals surface area contributed by atoms with Gasteiger partial charge in [0.05, 0.1) is 6.10 Å². The van der Waals surface area contributed by atoms with Crippen molar-refractivity contribution in [3.8, 4) is 0 Å². The van der Waals surface area contributed by atoms with Crippen LogP contribution in [0.15, 0.2) is 0 Å². The van der Waals surface area contributed by atoms with Crippen molar-refractivity contribution in [3.05, 3.63) is 0 Å². The van der Waals surface area contributed by atoms with Gasteiger partial charge in [-0.25, -0.2) is 0 Å². The van der Waals surface area contributed by atoms with Gasteiger partial charge in [0, 0.05) is 24.7 Å². The van der Waals surface area contributed by atoms with Gasteiger partial charge in [0.2, 0.25) is 0 Å². The molecule has 3 nitrogen and oxygen atoms in total. The van der Waals surface area contributed by atoms with Crippen molar-refractivity contribution in [1.82, 2.24) is 10.2 Å². The predicted octanol–water partition coefficient (Wildman–Crippen LogP) is 2.55. The lowest BCUT2D eigenvalue weighted by Crippen LogP contribution is -2.55. The number of nitrogens with one attached hydrogen (secondary N) is 1. The minimum atomic E-state index is 0.418. The van der Waals surface area contributed by atoms with Crippen LogP contribution in [0.25, 0.3) is 0 Å². The summed E-state index contributed by atoms with van der Waals surface area (Å²) in [5, 5.41) is 3.89. The Morgan fingerprint density at radius 1 is 1.16 bits per heavy atom. The summed E-state index contributed by atoms with van der Waals surface area (Å²) in [5.74, 6) is 0. The molecule has 0 aromatic heterocycles. The Kier molecular flexibility index (Phi) is 4.45. The van der Waals surface area contributed by atoms with Gasteiger partial charge in [-0.1, -0.05) is 19.3 Å². The average Bonchev–Trinajstić information content (AvgIpc) is 2.90. The van der Waals surface area contributed by atoms with Crippen molar-refractivity contribution in [2.24, 2.45) is 0 Å². The summed E-state index contributed by atoms with van der Waals surface area (Å²) < 4.78 is 5.92. The first-order valence-corrected chi connectivity index (χ1v) is 8.40. The maximum atomic E-state index is 5.92. The van der Waals surface area contributed by atoms with Gasteiger partial charge in [0.25, 0.3) is 0 Å². The first-order valence-electron chi connectivity index (χ1n) is 8.40. The van der Waals surface area contributed by atoms with Crippen LogP contribution in [0, 0.1) is 0 Å². The molecule has 0 amide bonds. The Balaban J connectivity index is 1.66. The minimum absolute atomic E-state index is 0.418. The molecule has 19 heavy (non-hydrogen) atoms. The van der Waals surface area contributed by atoms with Crippen molar-refractivity contribution in [2.45, 2.75) is 76.0 Å². The predicted molar refractivity (Wildman–Crippen MR) is 78.4 cm³/mol. The molecule has 3 heteroatoms. The van der Waals surface area contributed by atoms with Crippen molar-refractivity contribution < 1.29 is 4.74 Å². The van der Waals surface area contributed by atoms with Crippen LogP contribution in [0.5, 0.6) is 0 Å². The Morgan fingerprint density at radius 2 is 2.00 bits per heavy atom. The van der Waals surface area contributed by atoms with E-state index < -0.39 is 0 Å². The lowest BCUT2D eigenvalue weighted by Gasteiger charge is -2.42. The number of ether oxygens (including phenoxy) is 1. The van der Waals surface area contributed by atoms with Crippen molar-refractivity contribution in [1.29, 1.82) is 0 Å². The van der Waals surface area contributed by atoms with E-state index in [9.17, 15) is 0 Å². The molecular weight excluding hydrogens is 236 g/mol. The largest absolute Gasteiger partial charge is 0.377 e. The summed E-state index contributed by atoms with van der Waals surface area (Å²) in [6.07, 6.45) is 11.3. The zero-order valence-electron chi connectivity index (χ0n) is 12.5. The molecule has 0 aromatic rings. The Hall–Kier alpha value is -0.120. The van der Waals surface area contributed by atoms with E-state index in [1.807, 2.05) is 0 Å². The molecule has 3 rings (SSSR count). The monoisotopic (exact) mass is 266 g/mol. The highest BCUT2D eigenvalue weighted by molar-refractivity contribution is 4.97. The smallest absolute Gasteiger partial charge is 0.0728 e. The molecule has 0 bridgehead atoms. The van der Waals surface area contributed by atoms with Gasteiger partial charge in [0.15, 0.2) is 0 Å². The second-order valence-corrected chi connectivity index (χ2v) is 6.88. The summed E-state index contributed by atoms with van der Waals surface area (Å²) >= 11 is 0. The Morgan fingerprint density at radius 3 is 2.74 bits per heavy atom. The number of hydrogen-bond acceptors (Lipinski definition) is 3. The molecule has 0 radical (unpaired) electrons. The van der Waals surface area contributed by atoms with Crippen LogP contribution < -0.4 is 5.32 Å². The van der Waals surface area contributed by atoms with E-state index in [1.165, 1.54) is 71.0 Å². The fourth-order valence-electron chi connectivity index (χ4n) is 4.29. The summed E-state index contributed by atoms with van der Waals surface area (Å²) in [7, 11) is 0. The van der Waals surface area contributed by atoms with E-state index in [0.717, 1.165) is 6.61 Å². The molecule has 1 aliphatic carbocycles. The zero-order chi connectivity index (χ0) is 13.1. The average molecular weight is 266 g/mol. The highest BCUT2D eigenvalue weighted by Crippen LogP contribution is 2.32. The molecule has 3 aliphatic rings. The van der Waals surface area contributed by atoms with Crippen LogP contribution in [-0.2, 0) is 4.74 Å². The van der Waals surface area contributed by atoms with E-state index in [4.69, 9.17) is 4.74 Å². The van der Waals surface area contributed by atoms with Crippen LogP contribution in [0.4, 0.5) is 0 Å². The van der Waals surface area contributed by atoms with Gasteiger partial charge < -0.3 is 10.1 Å². The second kappa shape index (κ2) is 6.11. The van der Waals surface area contributed by atoms with Gasteiger partial charge in [-0.3, -0.25) is 4.90 Å². The summed E-state index contributed by atoms with van der Waals surface area (Å²) in [4.78, 5) is 2.72. The molecule has 2 heterocycles. The van der Waals surface area contributed by atoms with Crippen LogP contribution in [0.3, 0.4) is 0 Å². The molecule has 1 N–H and O–H groups in total. The lowest BCUT2D eigenvalue weighted by molar-refractivity contribution is 0.0204. The molecule has 1 saturated carbocycles. The molecule has 0 aromatic carbocycles. The molecule has 110 valence electrons. The maximum absolute atomic E-state index is 5.92. The summed E-state index contributed by atoms with van der Waals surface area (Å²) in [6, 6.07) is 0.598. The lowest BCUT2D eigenvalue weighted by atomic mass is 9.81. The maximum Gasteiger partial charge on any atom is 0.0728 e. The fraction of sp³-hybridized carbons (Fsp3) is 1.00. The van der Waals surface area contributed by atoms with Gasteiger partial charge >= 0.3 is 0 Å². The van der Waals surface area contributed by atoms with Crippen molar-refractivity contribution >= 4 is 0 Å². The summed E-state index contributed by atoms with van der Waals surface area (Å²) in [6.45, 7) is 7.06. The normalized spacial score (nSPS) is 34.3. The topological polar surface area (TPSA) is 24.5 Å². The molecule has 2 aliphatic heterocycles. The Bertz CT molecular complexity index is 282. The van der Waals surface area contributed by atoms with Crippen molar-refractivity contribution in [3.63, 3.8) is 0 Å². The highest BCUT2D eigenvalue weighted by atomic mass is 16.5. The first kappa shape index (κ1) is 13.8. The van der Waals surface area contributed by atoms with Crippen LogP contribution >= 0.6 is 0 Å². The summed E-state index contributed by atoms with van der Waals surface area (Å²) in [5.41, 5.74) is 0.418. The molecule has 3 fully saturated rings. The quantitative estimate of drug-likeness (QED) is 0.831. The third kappa shape index (κ3) is 3.14. The molecule has 2 unspecified atom stereocenters. The fourth-order valence-corrected chi connectivity index (χ4v) is 4.29.